The number of rotatable bonds is 5. The summed E-state index contributed by atoms with van der Waals surface area (Å²) in [6.45, 7) is 11.2. The van der Waals surface area contributed by atoms with Crippen LogP contribution >= 0.6 is 0 Å². The first kappa shape index (κ1) is 11.2. The molecule has 0 aliphatic rings. The number of hydrogen-bond donors (Lipinski definition) is 0. The third-order valence-electron chi connectivity index (χ3n) is 1.43. The van der Waals surface area contributed by atoms with Crippen molar-refractivity contribution in [3.8, 4) is 0 Å². The highest BCUT2D eigenvalue weighted by atomic mass is 16.5. The van der Waals surface area contributed by atoms with Crippen LogP contribution in [0.5, 0.6) is 0 Å². The molecular weight excluding hydrogens is 148 g/mol. The summed E-state index contributed by atoms with van der Waals surface area (Å²) in [6, 6.07) is 0. The summed E-state index contributed by atoms with van der Waals surface area (Å²) in [5.74, 6) is 0. The molecule has 0 aromatic rings. The van der Waals surface area contributed by atoms with Gasteiger partial charge in [-0.1, -0.05) is 30.4 Å². The predicted octanol–water partition coefficient (Wildman–Crippen LogP) is 3.10. The second-order valence-corrected chi connectivity index (χ2v) is 2.68. The van der Waals surface area contributed by atoms with Gasteiger partial charge in [-0.05, 0) is 26.3 Å². The van der Waals surface area contributed by atoms with Gasteiger partial charge in [0.1, 0.15) is 0 Å². The molecule has 0 unspecified atom stereocenters. The van der Waals surface area contributed by atoms with Crippen LogP contribution in [0.15, 0.2) is 36.0 Å². The Morgan fingerprint density at radius 3 is 2.50 bits per heavy atom. The minimum Gasteiger partial charge on any atom is -0.377 e. The van der Waals surface area contributed by atoms with Crippen LogP contribution in [0.2, 0.25) is 0 Å². The Labute approximate surface area is 75.4 Å². The Hall–Kier alpha value is -0.820. The minimum atomic E-state index is 0.691. The van der Waals surface area contributed by atoms with Gasteiger partial charge in [0.2, 0.25) is 0 Å². The lowest BCUT2D eigenvalue weighted by molar-refractivity contribution is 0.173. The van der Waals surface area contributed by atoms with Gasteiger partial charge in [0.25, 0.3) is 0 Å². The van der Waals surface area contributed by atoms with E-state index in [0.717, 1.165) is 12.2 Å². The molecule has 0 aromatic heterocycles. The zero-order valence-electron chi connectivity index (χ0n) is 8.26. The van der Waals surface area contributed by atoms with Crippen LogP contribution in [0.4, 0.5) is 0 Å². The SMILES string of the molecule is C=C(C)/C=C\C(=C/C)COCC. The van der Waals surface area contributed by atoms with Gasteiger partial charge in [-0.2, -0.15) is 0 Å². The average molecular weight is 166 g/mol. The molecule has 0 fully saturated rings. The molecule has 68 valence electrons. The molecule has 0 rings (SSSR count). The van der Waals surface area contributed by atoms with E-state index in [-0.39, 0.29) is 0 Å². The van der Waals surface area contributed by atoms with Crippen LogP contribution in [0.1, 0.15) is 20.8 Å². The fourth-order valence-corrected chi connectivity index (χ4v) is 0.697. The Morgan fingerprint density at radius 1 is 1.42 bits per heavy atom. The molecule has 0 heterocycles. The molecule has 0 saturated heterocycles. The van der Waals surface area contributed by atoms with Gasteiger partial charge in [0, 0.05) is 6.61 Å². The average Bonchev–Trinajstić information content (AvgIpc) is 2.05. The van der Waals surface area contributed by atoms with E-state index >= 15 is 0 Å². The Kier molecular flexibility index (Phi) is 6.39. The fourth-order valence-electron chi connectivity index (χ4n) is 0.697. The monoisotopic (exact) mass is 166 g/mol. The summed E-state index contributed by atoms with van der Waals surface area (Å²) in [5, 5.41) is 0. The van der Waals surface area contributed by atoms with E-state index in [0.29, 0.717) is 6.61 Å². The maximum atomic E-state index is 5.27. The maximum absolute atomic E-state index is 5.27. The maximum Gasteiger partial charge on any atom is 0.0713 e. The molecule has 1 heteroatoms. The van der Waals surface area contributed by atoms with Gasteiger partial charge >= 0.3 is 0 Å². The third kappa shape index (κ3) is 5.93. The lowest BCUT2D eigenvalue weighted by Gasteiger charge is -2.00. The molecule has 0 amide bonds. The molecule has 0 aliphatic carbocycles. The molecule has 0 aliphatic heterocycles. The molecule has 0 radical (unpaired) electrons. The zero-order valence-corrected chi connectivity index (χ0v) is 8.26. The first-order chi connectivity index (χ1) is 5.70. The van der Waals surface area contributed by atoms with E-state index in [2.05, 4.69) is 12.7 Å². The summed E-state index contributed by atoms with van der Waals surface area (Å²) in [7, 11) is 0. The number of hydrogen-bond acceptors (Lipinski definition) is 1. The van der Waals surface area contributed by atoms with Crippen molar-refractivity contribution in [2.45, 2.75) is 20.8 Å². The van der Waals surface area contributed by atoms with Crippen molar-refractivity contribution in [2.24, 2.45) is 0 Å². The molecule has 1 nitrogen and oxygen atoms in total. The van der Waals surface area contributed by atoms with Gasteiger partial charge in [-0.15, -0.1) is 0 Å². The van der Waals surface area contributed by atoms with Crippen molar-refractivity contribution >= 4 is 0 Å². The van der Waals surface area contributed by atoms with E-state index in [4.69, 9.17) is 4.74 Å². The highest BCUT2D eigenvalue weighted by Gasteiger charge is 1.88. The lowest BCUT2D eigenvalue weighted by atomic mass is 10.2. The summed E-state index contributed by atoms with van der Waals surface area (Å²) in [6.07, 6.45) is 6.08. The van der Waals surface area contributed by atoms with Crippen molar-refractivity contribution in [1.29, 1.82) is 0 Å². The highest BCUT2D eigenvalue weighted by molar-refractivity contribution is 5.25. The van der Waals surface area contributed by atoms with Crippen molar-refractivity contribution in [1.82, 2.24) is 0 Å². The Morgan fingerprint density at radius 2 is 2.08 bits per heavy atom. The van der Waals surface area contributed by atoms with Crippen LogP contribution in [-0.4, -0.2) is 13.2 Å². The zero-order chi connectivity index (χ0) is 9.40. The van der Waals surface area contributed by atoms with Crippen molar-refractivity contribution in [3.05, 3.63) is 36.0 Å². The van der Waals surface area contributed by atoms with E-state index in [1.165, 1.54) is 5.57 Å². The van der Waals surface area contributed by atoms with Crippen LogP contribution < -0.4 is 0 Å². The highest BCUT2D eigenvalue weighted by Crippen LogP contribution is 2.00. The van der Waals surface area contributed by atoms with E-state index in [1.807, 2.05) is 32.9 Å². The number of ether oxygens (including phenoxy) is 1. The largest absolute Gasteiger partial charge is 0.377 e. The van der Waals surface area contributed by atoms with Crippen LogP contribution in [-0.2, 0) is 4.74 Å². The first-order valence-electron chi connectivity index (χ1n) is 4.27. The molecule has 0 saturated carbocycles. The molecule has 12 heavy (non-hydrogen) atoms. The van der Waals surface area contributed by atoms with Gasteiger partial charge in [0.15, 0.2) is 0 Å². The quantitative estimate of drug-likeness (QED) is 0.570. The minimum absolute atomic E-state index is 0.691. The fraction of sp³-hybridized carbons (Fsp3) is 0.455. The van der Waals surface area contributed by atoms with Crippen LogP contribution in [0, 0.1) is 0 Å². The summed E-state index contributed by atoms with van der Waals surface area (Å²) in [5.41, 5.74) is 2.26. The summed E-state index contributed by atoms with van der Waals surface area (Å²) >= 11 is 0. The van der Waals surface area contributed by atoms with Crippen molar-refractivity contribution in [2.75, 3.05) is 13.2 Å². The van der Waals surface area contributed by atoms with Gasteiger partial charge in [0.05, 0.1) is 6.61 Å². The number of allylic oxidation sites excluding steroid dienone is 3. The predicted molar refractivity (Wildman–Crippen MR) is 54.2 cm³/mol. The van der Waals surface area contributed by atoms with Crippen molar-refractivity contribution in [3.63, 3.8) is 0 Å². The van der Waals surface area contributed by atoms with Crippen LogP contribution in [0.25, 0.3) is 0 Å². The molecule has 0 spiro atoms. The van der Waals surface area contributed by atoms with E-state index < -0.39 is 0 Å². The second-order valence-electron chi connectivity index (χ2n) is 2.68. The standard InChI is InChI=1S/C11H18O/c1-5-11(9-12-6-2)8-7-10(3)4/h5,7-8H,3,6,9H2,1-2,4H3/b8-7-,11-5+. The molecule has 0 N–H and O–H groups in total. The van der Waals surface area contributed by atoms with Crippen molar-refractivity contribution < 1.29 is 4.74 Å². The summed E-state index contributed by atoms with van der Waals surface area (Å²) < 4.78 is 5.27. The lowest BCUT2D eigenvalue weighted by Crippen LogP contribution is -1.94. The topological polar surface area (TPSA) is 9.23 Å². The smallest absolute Gasteiger partial charge is 0.0713 e. The Balaban J connectivity index is 3.92. The third-order valence-corrected chi connectivity index (χ3v) is 1.43. The normalized spacial score (nSPS) is 12.4. The first-order valence-corrected chi connectivity index (χ1v) is 4.27. The Bertz CT molecular complexity index is 187. The summed E-state index contributed by atoms with van der Waals surface area (Å²) in [4.78, 5) is 0. The molecule has 0 bridgehead atoms. The molecular formula is C11H18O. The second kappa shape index (κ2) is 6.86. The molecule has 0 atom stereocenters. The molecule has 0 aromatic carbocycles. The van der Waals surface area contributed by atoms with Gasteiger partial charge in [-0.25, -0.2) is 0 Å². The van der Waals surface area contributed by atoms with E-state index in [9.17, 15) is 0 Å². The van der Waals surface area contributed by atoms with Crippen LogP contribution in [0.3, 0.4) is 0 Å². The van der Waals surface area contributed by atoms with Gasteiger partial charge in [-0.3, -0.25) is 0 Å². The van der Waals surface area contributed by atoms with E-state index in [1.54, 1.807) is 0 Å². The van der Waals surface area contributed by atoms with Gasteiger partial charge < -0.3 is 4.74 Å².